The van der Waals surface area contributed by atoms with Crippen molar-refractivity contribution in [3.63, 3.8) is 0 Å². The fraction of sp³-hybridized carbons (Fsp3) is 0.318. The summed E-state index contributed by atoms with van der Waals surface area (Å²) in [4.78, 5) is 25.6. The van der Waals surface area contributed by atoms with Crippen LogP contribution in [0.5, 0.6) is 5.75 Å². The number of ether oxygens (including phenoxy) is 1. The third kappa shape index (κ3) is 4.76. The first-order chi connectivity index (χ1) is 13.4. The average molecular weight is 379 g/mol. The van der Waals surface area contributed by atoms with Crippen molar-refractivity contribution < 1.29 is 14.3 Å². The maximum absolute atomic E-state index is 12.0. The molecule has 2 aromatic carbocycles. The quantitative estimate of drug-likeness (QED) is 0.618. The van der Waals surface area contributed by atoms with Crippen molar-refractivity contribution in [3.8, 4) is 5.75 Å². The second-order valence-corrected chi connectivity index (χ2v) is 6.99. The zero-order chi connectivity index (χ0) is 20.1. The van der Waals surface area contributed by atoms with Crippen LogP contribution in [0.15, 0.2) is 47.6 Å². The lowest BCUT2D eigenvalue weighted by atomic mass is 10.1. The summed E-state index contributed by atoms with van der Waals surface area (Å²) in [6.07, 6.45) is 1.51. The van der Waals surface area contributed by atoms with Gasteiger partial charge in [-0.2, -0.15) is 5.10 Å². The van der Waals surface area contributed by atoms with E-state index >= 15 is 0 Å². The molecule has 2 amide bonds. The van der Waals surface area contributed by atoms with Crippen molar-refractivity contribution in [3.05, 3.63) is 59.2 Å². The van der Waals surface area contributed by atoms with Crippen molar-refractivity contribution in [2.24, 2.45) is 5.10 Å². The summed E-state index contributed by atoms with van der Waals surface area (Å²) in [6.45, 7) is 6.40. The molecule has 1 aliphatic rings. The number of hydrogen-bond donors (Lipinski definition) is 1. The highest BCUT2D eigenvalue weighted by molar-refractivity contribution is 6.00. The van der Waals surface area contributed by atoms with Gasteiger partial charge in [0.15, 0.2) is 6.61 Å². The van der Waals surface area contributed by atoms with Crippen LogP contribution in [0.4, 0.5) is 5.69 Å². The summed E-state index contributed by atoms with van der Waals surface area (Å²) in [5.74, 6) is 0.539. The van der Waals surface area contributed by atoms with Gasteiger partial charge in [-0.3, -0.25) is 9.59 Å². The van der Waals surface area contributed by atoms with Gasteiger partial charge >= 0.3 is 0 Å². The number of hydrogen-bond acceptors (Lipinski definition) is 4. The molecule has 0 unspecified atom stereocenters. The normalized spacial score (nSPS) is 14.3. The molecule has 3 rings (SSSR count). The third-order valence-electron chi connectivity index (χ3n) is 4.72. The molecule has 28 heavy (non-hydrogen) atoms. The van der Waals surface area contributed by atoms with Gasteiger partial charge in [0, 0.05) is 18.7 Å². The molecule has 0 aromatic heterocycles. The molecule has 0 spiro atoms. The Balaban J connectivity index is 1.55. The Hall–Kier alpha value is -3.15. The van der Waals surface area contributed by atoms with Crippen molar-refractivity contribution in [2.75, 3.05) is 18.1 Å². The smallest absolute Gasteiger partial charge is 0.277 e. The maximum Gasteiger partial charge on any atom is 0.277 e. The topological polar surface area (TPSA) is 71.0 Å². The second kappa shape index (κ2) is 8.69. The molecular formula is C22H25N3O3. The Morgan fingerprint density at radius 3 is 2.61 bits per heavy atom. The summed E-state index contributed by atoms with van der Waals surface area (Å²) >= 11 is 0. The Morgan fingerprint density at radius 1 is 1.18 bits per heavy atom. The zero-order valence-corrected chi connectivity index (χ0v) is 16.5. The molecule has 0 bridgehead atoms. The molecular weight excluding hydrogens is 354 g/mol. The van der Waals surface area contributed by atoms with Crippen molar-refractivity contribution in [2.45, 2.75) is 33.6 Å². The van der Waals surface area contributed by atoms with E-state index in [-0.39, 0.29) is 18.4 Å². The molecule has 2 aromatic rings. The van der Waals surface area contributed by atoms with Gasteiger partial charge in [0.05, 0.1) is 5.71 Å². The number of anilines is 1. The van der Waals surface area contributed by atoms with Crippen LogP contribution in [0.1, 0.15) is 36.5 Å². The summed E-state index contributed by atoms with van der Waals surface area (Å²) < 4.78 is 5.58. The number of hydrazone groups is 1. The van der Waals surface area contributed by atoms with E-state index in [9.17, 15) is 9.59 Å². The van der Waals surface area contributed by atoms with Gasteiger partial charge in [-0.25, -0.2) is 5.43 Å². The predicted octanol–water partition coefficient (Wildman–Crippen LogP) is 3.35. The molecule has 0 aliphatic carbocycles. The summed E-state index contributed by atoms with van der Waals surface area (Å²) in [5.41, 5.74) is 7.03. The molecule has 0 radical (unpaired) electrons. The van der Waals surface area contributed by atoms with Gasteiger partial charge in [-0.05, 0) is 62.1 Å². The lowest BCUT2D eigenvalue weighted by Gasteiger charge is -2.15. The molecule has 1 aliphatic heterocycles. The van der Waals surface area contributed by atoms with Crippen LogP contribution < -0.4 is 15.1 Å². The van der Waals surface area contributed by atoms with E-state index in [0.717, 1.165) is 35.3 Å². The number of benzene rings is 2. The van der Waals surface area contributed by atoms with Crippen LogP contribution in [-0.2, 0) is 9.59 Å². The van der Waals surface area contributed by atoms with E-state index in [4.69, 9.17) is 4.74 Å². The second-order valence-electron chi connectivity index (χ2n) is 6.99. The lowest BCUT2D eigenvalue weighted by Crippen LogP contribution is -2.26. The van der Waals surface area contributed by atoms with Crippen LogP contribution in [0.2, 0.25) is 0 Å². The molecule has 6 nitrogen and oxygen atoms in total. The highest BCUT2D eigenvalue weighted by atomic mass is 16.5. The van der Waals surface area contributed by atoms with E-state index in [2.05, 4.69) is 10.5 Å². The van der Waals surface area contributed by atoms with E-state index in [1.54, 1.807) is 4.90 Å². The molecule has 0 saturated carbocycles. The van der Waals surface area contributed by atoms with Gasteiger partial charge in [0.2, 0.25) is 5.91 Å². The Kier molecular flexibility index (Phi) is 6.09. The highest BCUT2D eigenvalue weighted by Gasteiger charge is 2.21. The standard InChI is InChI=1S/C22H25N3O3/c1-15-6-7-16(2)20(13-15)28-14-21(26)24-23-17(3)18-8-10-19(11-9-18)25-12-4-5-22(25)27/h6-11,13H,4-5,12,14H2,1-3H3,(H,24,26)/b23-17-. The summed E-state index contributed by atoms with van der Waals surface area (Å²) in [6, 6.07) is 13.5. The number of carbonyl (C=O) groups is 2. The molecule has 6 heteroatoms. The van der Waals surface area contributed by atoms with E-state index in [1.165, 1.54) is 0 Å². The monoisotopic (exact) mass is 379 g/mol. The number of nitrogens with zero attached hydrogens (tertiary/aromatic N) is 2. The maximum atomic E-state index is 12.0. The Bertz CT molecular complexity index is 904. The van der Waals surface area contributed by atoms with Gasteiger partial charge in [0.1, 0.15) is 5.75 Å². The number of rotatable bonds is 6. The minimum absolute atomic E-state index is 0.100. The third-order valence-corrected chi connectivity index (χ3v) is 4.72. The van der Waals surface area contributed by atoms with E-state index < -0.39 is 0 Å². The Labute approximate surface area is 165 Å². The molecule has 1 heterocycles. The minimum Gasteiger partial charge on any atom is -0.483 e. The Morgan fingerprint density at radius 2 is 1.93 bits per heavy atom. The molecule has 146 valence electrons. The van der Waals surface area contributed by atoms with E-state index in [1.807, 2.05) is 63.2 Å². The van der Waals surface area contributed by atoms with Crippen LogP contribution >= 0.6 is 0 Å². The largest absolute Gasteiger partial charge is 0.483 e. The fourth-order valence-corrected chi connectivity index (χ4v) is 3.05. The SMILES string of the molecule is C/C(=N/NC(=O)COc1cc(C)ccc1C)c1ccc(N2CCCC2=O)cc1. The predicted molar refractivity (Wildman–Crippen MR) is 110 cm³/mol. The van der Waals surface area contributed by atoms with Crippen LogP contribution in [-0.4, -0.2) is 30.7 Å². The van der Waals surface area contributed by atoms with Gasteiger partial charge in [0.25, 0.3) is 5.91 Å². The minimum atomic E-state index is -0.320. The fourth-order valence-electron chi connectivity index (χ4n) is 3.05. The highest BCUT2D eigenvalue weighted by Crippen LogP contribution is 2.22. The van der Waals surface area contributed by atoms with Crippen LogP contribution in [0.3, 0.4) is 0 Å². The first-order valence-corrected chi connectivity index (χ1v) is 9.38. The lowest BCUT2D eigenvalue weighted by molar-refractivity contribution is -0.123. The van der Waals surface area contributed by atoms with Gasteiger partial charge in [-0.1, -0.05) is 24.3 Å². The van der Waals surface area contributed by atoms with Crippen molar-refractivity contribution in [1.29, 1.82) is 0 Å². The van der Waals surface area contributed by atoms with Crippen molar-refractivity contribution in [1.82, 2.24) is 5.43 Å². The number of amides is 2. The molecule has 1 fully saturated rings. The molecule has 1 N–H and O–H groups in total. The first-order valence-electron chi connectivity index (χ1n) is 9.38. The summed E-state index contributed by atoms with van der Waals surface area (Å²) in [7, 11) is 0. The number of nitrogens with one attached hydrogen (secondary N) is 1. The summed E-state index contributed by atoms with van der Waals surface area (Å²) in [5, 5.41) is 4.15. The van der Waals surface area contributed by atoms with Crippen LogP contribution in [0.25, 0.3) is 0 Å². The van der Waals surface area contributed by atoms with Crippen LogP contribution in [0, 0.1) is 13.8 Å². The van der Waals surface area contributed by atoms with Gasteiger partial charge in [-0.15, -0.1) is 0 Å². The first kappa shape index (κ1) is 19.6. The average Bonchev–Trinajstić information content (AvgIpc) is 3.12. The van der Waals surface area contributed by atoms with E-state index in [0.29, 0.717) is 17.9 Å². The number of carbonyl (C=O) groups excluding carboxylic acids is 2. The van der Waals surface area contributed by atoms with Gasteiger partial charge < -0.3 is 9.64 Å². The zero-order valence-electron chi connectivity index (χ0n) is 16.5. The number of aryl methyl sites for hydroxylation is 2. The van der Waals surface area contributed by atoms with Crippen molar-refractivity contribution >= 4 is 23.2 Å². The molecule has 0 atom stereocenters. The molecule has 1 saturated heterocycles.